The molecule has 7 heteroatoms. The Bertz CT molecular complexity index is 822. The fourth-order valence-corrected chi connectivity index (χ4v) is 3.01. The number of carbonyl (C=O) groups is 2. The lowest BCUT2D eigenvalue weighted by molar-refractivity contribution is -0.120. The van der Waals surface area contributed by atoms with E-state index >= 15 is 0 Å². The van der Waals surface area contributed by atoms with Gasteiger partial charge in [-0.3, -0.25) is 20.4 Å². The molecule has 2 amide bonds. The van der Waals surface area contributed by atoms with E-state index < -0.39 is 5.91 Å². The first kappa shape index (κ1) is 17.6. The number of anilines is 1. The predicted octanol–water partition coefficient (Wildman–Crippen LogP) is 1.61. The third kappa shape index (κ3) is 3.88. The van der Waals surface area contributed by atoms with E-state index in [1.807, 2.05) is 23.1 Å². The summed E-state index contributed by atoms with van der Waals surface area (Å²) in [5.41, 5.74) is 7.04. The van der Waals surface area contributed by atoms with Crippen LogP contribution in [0.5, 0.6) is 11.5 Å². The Labute approximate surface area is 151 Å². The summed E-state index contributed by atoms with van der Waals surface area (Å²) in [4.78, 5) is 26.3. The number of para-hydroxylation sites is 1. The number of aromatic hydroxyl groups is 1. The molecule has 7 nitrogen and oxygen atoms in total. The molecule has 0 aliphatic carbocycles. The highest BCUT2D eigenvalue weighted by Gasteiger charge is 2.19. The van der Waals surface area contributed by atoms with Crippen LogP contribution in [0.2, 0.25) is 0 Å². The molecule has 0 atom stereocenters. The van der Waals surface area contributed by atoms with Crippen LogP contribution < -0.4 is 20.5 Å². The van der Waals surface area contributed by atoms with Gasteiger partial charge in [0.15, 0.2) is 0 Å². The van der Waals surface area contributed by atoms with E-state index in [4.69, 9.17) is 4.74 Å². The SMILES string of the molecule is COc1ccc(C(=O)NNC(=O)CN2CCCc3ccccc32)c(O)c1. The smallest absolute Gasteiger partial charge is 0.273 e. The van der Waals surface area contributed by atoms with Gasteiger partial charge in [0.2, 0.25) is 0 Å². The summed E-state index contributed by atoms with van der Waals surface area (Å²) in [6.07, 6.45) is 1.98. The minimum atomic E-state index is -0.599. The number of rotatable bonds is 4. The highest BCUT2D eigenvalue weighted by atomic mass is 16.5. The molecule has 0 saturated carbocycles. The van der Waals surface area contributed by atoms with Gasteiger partial charge in [0.25, 0.3) is 11.8 Å². The number of fused-ring (bicyclic) bond motifs is 1. The van der Waals surface area contributed by atoms with Crippen LogP contribution >= 0.6 is 0 Å². The lowest BCUT2D eigenvalue weighted by Crippen LogP contribution is -2.47. The molecule has 2 aromatic carbocycles. The number of hydrogen-bond acceptors (Lipinski definition) is 5. The molecule has 0 aromatic heterocycles. The van der Waals surface area contributed by atoms with Crippen LogP contribution in [0.1, 0.15) is 22.3 Å². The van der Waals surface area contributed by atoms with Crippen molar-refractivity contribution >= 4 is 17.5 Å². The summed E-state index contributed by atoms with van der Waals surface area (Å²) in [5, 5.41) is 9.87. The Kier molecular flexibility index (Phi) is 5.26. The molecule has 0 spiro atoms. The molecule has 136 valence electrons. The van der Waals surface area contributed by atoms with Crippen molar-refractivity contribution in [3.8, 4) is 11.5 Å². The maximum atomic E-state index is 12.2. The summed E-state index contributed by atoms with van der Waals surface area (Å²) < 4.78 is 4.97. The first-order valence-electron chi connectivity index (χ1n) is 8.37. The molecule has 2 aromatic rings. The van der Waals surface area contributed by atoms with Crippen molar-refractivity contribution in [2.45, 2.75) is 12.8 Å². The number of hydrazine groups is 1. The van der Waals surface area contributed by atoms with E-state index in [-0.39, 0.29) is 23.8 Å². The minimum Gasteiger partial charge on any atom is -0.507 e. The number of methoxy groups -OCH3 is 1. The average molecular weight is 355 g/mol. The van der Waals surface area contributed by atoms with Crippen molar-refractivity contribution in [3.63, 3.8) is 0 Å². The van der Waals surface area contributed by atoms with Crippen molar-refractivity contribution in [2.75, 3.05) is 25.1 Å². The lowest BCUT2D eigenvalue weighted by Gasteiger charge is -2.30. The highest BCUT2D eigenvalue weighted by Crippen LogP contribution is 2.26. The van der Waals surface area contributed by atoms with Gasteiger partial charge in [0, 0.05) is 18.3 Å². The normalized spacial score (nSPS) is 12.9. The lowest BCUT2D eigenvalue weighted by atomic mass is 10.0. The topological polar surface area (TPSA) is 90.9 Å². The zero-order valence-corrected chi connectivity index (χ0v) is 14.5. The monoisotopic (exact) mass is 355 g/mol. The Balaban J connectivity index is 1.57. The number of aryl methyl sites for hydroxylation is 1. The number of ether oxygens (including phenoxy) is 1. The second-order valence-electron chi connectivity index (χ2n) is 6.04. The van der Waals surface area contributed by atoms with Crippen LogP contribution in [-0.4, -0.2) is 37.1 Å². The van der Waals surface area contributed by atoms with Crippen molar-refractivity contribution in [1.29, 1.82) is 0 Å². The molecule has 1 aliphatic rings. The Hall–Kier alpha value is -3.22. The van der Waals surface area contributed by atoms with Gasteiger partial charge in [0.05, 0.1) is 19.2 Å². The molecule has 26 heavy (non-hydrogen) atoms. The van der Waals surface area contributed by atoms with Crippen LogP contribution in [0.3, 0.4) is 0 Å². The number of hydrogen-bond donors (Lipinski definition) is 3. The number of phenols is 1. The van der Waals surface area contributed by atoms with Gasteiger partial charge in [-0.1, -0.05) is 18.2 Å². The van der Waals surface area contributed by atoms with Crippen molar-refractivity contribution < 1.29 is 19.4 Å². The summed E-state index contributed by atoms with van der Waals surface area (Å²) >= 11 is 0. The number of benzene rings is 2. The maximum Gasteiger partial charge on any atom is 0.273 e. The fraction of sp³-hybridized carbons (Fsp3) is 0.263. The molecule has 0 bridgehead atoms. The van der Waals surface area contributed by atoms with Crippen LogP contribution in [0.25, 0.3) is 0 Å². The zero-order valence-electron chi connectivity index (χ0n) is 14.5. The van der Waals surface area contributed by atoms with Crippen LogP contribution in [-0.2, 0) is 11.2 Å². The summed E-state index contributed by atoms with van der Waals surface area (Å²) in [6, 6.07) is 12.3. The first-order valence-corrected chi connectivity index (χ1v) is 8.37. The largest absolute Gasteiger partial charge is 0.507 e. The van der Waals surface area contributed by atoms with Crippen LogP contribution in [0, 0.1) is 0 Å². The maximum absolute atomic E-state index is 12.2. The number of nitrogens with zero attached hydrogens (tertiary/aromatic N) is 1. The van der Waals surface area contributed by atoms with E-state index in [0.29, 0.717) is 5.75 Å². The number of amides is 2. The second-order valence-corrected chi connectivity index (χ2v) is 6.04. The second kappa shape index (κ2) is 7.77. The number of phenolic OH excluding ortho intramolecular Hbond substituents is 1. The molecular weight excluding hydrogens is 334 g/mol. The molecule has 1 heterocycles. The van der Waals surface area contributed by atoms with Crippen LogP contribution in [0.4, 0.5) is 5.69 Å². The van der Waals surface area contributed by atoms with E-state index in [2.05, 4.69) is 16.9 Å². The van der Waals surface area contributed by atoms with Gasteiger partial charge in [-0.05, 0) is 36.6 Å². The van der Waals surface area contributed by atoms with E-state index in [0.717, 1.165) is 25.1 Å². The Morgan fingerprint density at radius 2 is 2.00 bits per heavy atom. The van der Waals surface area contributed by atoms with Crippen molar-refractivity contribution in [3.05, 3.63) is 53.6 Å². The fourth-order valence-electron chi connectivity index (χ4n) is 3.01. The third-order valence-electron chi connectivity index (χ3n) is 4.31. The molecule has 0 saturated heterocycles. The average Bonchev–Trinajstić information content (AvgIpc) is 2.66. The van der Waals surface area contributed by atoms with E-state index in [1.54, 1.807) is 6.07 Å². The van der Waals surface area contributed by atoms with Gasteiger partial charge in [0.1, 0.15) is 11.5 Å². The zero-order chi connectivity index (χ0) is 18.5. The third-order valence-corrected chi connectivity index (χ3v) is 4.31. The summed E-state index contributed by atoms with van der Waals surface area (Å²) in [5.74, 6) is -0.714. The molecule has 0 unspecified atom stereocenters. The first-order chi connectivity index (χ1) is 12.6. The standard InChI is InChI=1S/C19H21N3O4/c1-26-14-8-9-15(17(23)11-14)19(25)21-20-18(24)12-22-10-4-6-13-5-2-3-7-16(13)22/h2-3,5,7-9,11,23H,4,6,10,12H2,1H3,(H,20,24)(H,21,25). The minimum absolute atomic E-state index is 0.0504. The molecule has 3 N–H and O–H groups in total. The van der Waals surface area contributed by atoms with E-state index in [1.165, 1.54) is 24.8 Å². The molecular formula is C19H21N3O4. The summed E-state index contributed by atoms with van der Waals surface area (Å²) in [7, 11) is 1.47. The quantitative estimate of drug-likeness (QED) is 0.725. The molecule has 0 radical (unpaired) electrons. The summed E-state index contributed by atoms with van der Waals surface area (Å²) in [6.45, 7) is 0.934. The van der Waals surface area contributed by atoms with Crippen molar-refractivity contribution in [2.24, 2.45) is 0 Å². The van der Waals surface area contributed by atoms with Gasteiger partial charge in [-0.25, -0.2) is 0 Å². The number of carbonyl (C=O) groups excluding carboxylic acids is 2. The van der Waals surface area contributed by atoms with E-state index in [9.17, 15) is 14.7 Å². The number of nitrogens with one attached hydrogen (secondary N) is 2. The molecule has 0 fully saturated rings. The van der Waals surface area contributed by atoms with Gasteiger partial charge < -0.3 is 14.7 Å². The Morgan fingerprint density at radius 3 is 2.77 bits per heavy atom. The Morgan fingerprint density at radius 1 is 1.19 bits per heavy atom. The predicted molar refractivity (Wildman–Crippen MR) is 97.2 cm³/mol. The molecule has 1 aliphatic heterocycles. The molecule has 3 rings (SSSR count). The van der Waals surface area contributed by atoms with Crippen LogP contribution in [0.15, 0.2) is 42.5 Å². The van der Waals surface area contributed by atoms with Gasteiger partial charge >= 0.3 is 0 Å². The highest BCUT2D eigenvalue weighted by molar-refractivity contribution is 5.98. The van der Waals surface area contributed by atoms with Gasteiger partial charge in [-0.2, -0.15) is 0 Å². The van der Waals surface area contributed by atoms with Crippen molar-refractivity contribution in [1.82, 2.24) is 10.9 Å². The van der Waals surface area contributed by atoms with Gasteiger partial charge in [-0.15, -0.1) is 0 Å².